The molecule has 2 aliphatic rings. The van der Waals surface area contributed by atoms with Crippen molar-refractivity contribution in [3.8, 4) is 11.5 Å². The van der Waals surface area contributed by atoms with Gasteiger partial charge >= 0.3 is 0 Å². The third-order valence-corrected chi connectivity index (χ3v) is 4.09. The van der Waals surface area contributed by atoms with Gasteiger partial charge in [-0.05, 0) is 25.0 Å². The van der Waals surface area contributed by atoms with E-state index in [1.54, 1.807) is 23.2 Å². The smallest absolute Gasteiger partial charge is 0.260 e. The molecule has 6 nitrogen and oxygen atoms in total. The first-order chi connectivity index (χ1) is 10.1. The molecule has 0 spiro atoms. The number of nitrogens with zero attached hydrogens (tertiary/aromatic N) is 1. The van der Waals surface area contributed by atoms with Crippen LogP contribution in [0.15, 0.2) is 23.9 Å². The number of phenolic OH excluding ortho intramolecular Hbond substituents is 1. The van der Waals surface area contributed by atoms with Crippen LogP contribution in [0.3, 0.4) is 0 Å². The number of aliphatic hydroxyl groups excluding tert-OH is 1. The first kappa shape index (κ1) is 13.8. The van der Waals surface area contributed by atoms with Crippen LogP contribution in [0, 0.1) is 0 Å². The molecule has 1 aromatic rings. The fourth-order valence-corrected chi connectivity index (χ4v) is 2.86. The van der Waals surface area contributed by atoms with Crippen LogP contribution in [-0.2, 0) is 0 Å². The van der Waals surface area contributed by atoms with Crippen molar-refractivity contribution in [1.29, 1.82) is 0 Å². The highest BCUT2D eigenvalue weighted by molar-refractivity contribution is 6.03. The zero-order valence-corrected chi connectivity index (χ0v) is 12.0. The normalized spacial score (nSPS) is 23.9. The molecule has 1 unspecified atom stereocenters. The number of hydrogen-bond donors (Lipinski definition) is 3. The molecule has 0 radical (unpaired) electrons. The molecule has 2 atom stereocenters. The van der Waals surface area contributed by atoms with Crippen LogP contribution >= 0.6 is 0 Å². The summed E-state index contributed by atoms with van der Waals surface area (Å²) in [7, 11) is 1.44. The Balaban J connectivity index is 2.10. The van der Waals surface area contributed by atoms with Crippen molar-refractivity contribution >= 4 is 11.6 Å². The fraction of sp³-hybridized carbons (Fsp3) is 0.400. The van der Waals surface area contributed by atoms with Crippen molar-refractivity contribution in [1.82, 2.24) is 4.90 Å². The molecule has 2 aliphatic heterocycles. The van der Waals surface area contributed by atoms with Gasteiger partial charge in [0.1, 0.15) is 6.23 Å². The number of aliphatic hydroxyl groups is 1. The van der Waals surface area contributed by atoms with Gasteiger partial charge in [-0.3, -0.25) is 4.79 Å². The van der Waals surface area contributed by atoms with Gasteiger partial charge in [0, 0.05) is 6.20 Å². The molecule has 2 heterocycles. The molecule has 112 valence electrons. The first-order valence-corrected chi connectivity index (χ1v) is 6.93. The van der Waals surface area contributed by atoms with Gasteiger partial charge in [-0.15, -0.1) is 0 Å². The number of anilines is 1. The summed E-state index contributed by atoms with van der Waals surface area (Å²) in [6, 6.07) is 2.78. The van der Waals surface area contributed by atoms with Gasteiger partial charge < -0.3 is 25.2 Å². The standard InChI is InChI=1S/C15H18N2O4/c1-3-8-6-10-14(19)16-12-9(15(20)17(10)7-8)4-5-11(21-2)13(12)18/h4-5,7,10,14,16,18-19H,3,6H2,1-2H3/t10-,14?/m0/s1. The Bertz CT molecular complexity index is 626. The minimum atomic E-state index is -0.950. The van der Waals surface area contributed by atoms with Crippen molar-refractivity contribution in [3.05, 3.63) is 29.5 Å². The van der Waals surface area contributed by atoms with Gasteiger partial charge in [0.15, 0.2) is 11.5 Å². The second-order valence-corrected chi connectivity index (χ2v) is 5.25. The first-order valence-electron chi connectivity index (χ1n) is 6.93. The van der Waals surface area contributed by atoms with E-state index in [1.165, 1.54) is 7.11 Å². The van der Waals surface area contributed by atoms with Crippen LogP contribution in [0.5, 0.6) is 11.5 Å². The highest BCUT2D eigenvalue weighted by atomic mass is 16.5. The number of ether oxygens (including phenoxy) is 1. The molecular formula is C15H18N2O4. The number of fused-ring (bicyclic) bond motifs is 2. The van der Waals surface area contributed by atoms with E-state index in [2.05, 4.69) is 5.32 Å². The molecule has 0 saturated carbocycles. The van der Waals surface area contributed by atoms with E-state index < -0.39 is 6.23 Å². The maximum absolute atomic E-state index is 12.7. The lowest BCUT2D eigenvalue weighted by Gasteiger charge is -2.24. The molecule has 0 bridgehead atoms. The van der Waals surface area contributed by atoms with Crippen LogP contribution in [0.2, 0.25) is 0 Å². The van der Waals surface area contributed by atoms with E-state index in [1.807, 2.05) is 6.92 Å². The third-order valence-electron chi connectivity index (χ3n) is 4.09. The van der Waals surface area contributed by atoms with E-state index in [0.717, 1.165) is 12.0 Å². The van der Waals surface area contributed by atoms with Crippen LogP contribution in [-0.4, -0.2) is 40.4 Å². The summed E-state index contributed by atoms with van der Waals surface area (Å²) in [6.07, 6.45) is 2.32. The number of aromatic hydroxyl groups is 1. The summed E-state index contributed by atoms with van der Waals surface area (Å²) in [5, 5.41) is 23.3. The number of nitrogens with one attached hydrogen (secondary N) is 1. The summed E-state index contributed by atoms with van der Waals surface area (Å²) < 4.78 is 5.04. The lowest BCUT2D eigenvalue weighted by molar-refractivity contribution is 0.0643. The van der Waals surface area contributed by atoms with Gasteiger partial charge in [-0.2, -0.15) is 0 Å². The van der Waals surface area contributed by atoms with Gasteiger partial charge in [-0.25, -0.2) is 0 Å². The summed E-state index contributed by atoms with van der Waals surface area (Å²) in [5.74, 6) is -0.142. The molecule has 0 saturated heterocycles. The average molecular weight is 290 g/mol. The number of rotatable bonds is 2. The minimum absolute atomic E-state index is 0.164. The number of carbonyl (C=O) groups is 1. The summed E-state index contributed by atoms with van der Waals surface area (Å²) in [4.78, 5) is 14.2. The van der Waals surface area contributed by atoms with Crippen LogP contribution in [0.25, 0.3) is 0 Å². The SMILES string of the molecule is CCC1=CN2C(=O)c3ccc(OC)c(O)c3NC(O)[C@@H]2C1. The van der Waals surface area contributed by atoms with Crippen molar-refractivity contribution in [2.24, 2.45) is 0 Å². The number of carbonyl (C=O) groups excluding carboxylic acids is 1. The Morgan fingerprint density at radius 1 is 1.48 bits per heavy atom. The van der Waals surface area contributed by atoms with Crippen molar-refractivity contribution in [2.75, 3.05) is 12.4 Å². The Morgan fingerprint density at radius 2 is 2.24 bits per heavy atom. The molecule has 1 amide bonds. The Hall–Kier alpha value is -2.21. The zero-order valence-electron chi connectivity index (χ0n) is 12.0. The second kappa shape index (κ2) is 4.96. The van der Waals surface area contributed by atoms with E-state index >= 15 is 0 Å². The fourth-order valence-electron chi connectivity index (χ4n) is 2.86. The summed E-state index contributed by atoms with van der Waals surface area (Å²) in [5.41, 5.74) is 1.66. The van der Waals surface area contributed by atoms with Crippen LogP contribution < -0.4 is 10.1 Å². The Labute approximate surface area is 122 Å². The van der Waals surface area contributed by atoms with Crippen molar-refractivity contribution in [3.63, 3.8) is 0 Å². The molecule has 6 heteroatoms. The molecular weight excluding hydrogens is 272 g/mol. The predicted molar refractivity (Wildman–Crippen MR) is 77.2 cm³/mol. The van der Waals surface area contributed by atoms with Gasteiger partial charge in [0.25, 0.3) is 5.91 Å². The lowest BCUT2D eigenvalue weighted by Crippen LogP contribution is -2.42. The molecule has 21 heavy (non-hydrogen) atoms. The average Bonchev–Trinajstić information content (AvgIpc) is 2.89. The summed E-state index contributed by atoms with van der Waals surface area (Å²) in [6.45, 7) is 2.02. The zero-order chi connectivity index (χ0) is 15.1. The van der Waals surface area contributed by atoms with E-state index in [-0.39, 0.29) is 29.1 Å². The Kier molecular flexibility index (Phi) is 3.25. The molecule has 1 aromatic carbocycles. The number of benzene rings is 1. The number of methoxy groups -OCH3 is 1. The maximum Gasteiger partial charge on any atom is 0.260 e. The quantitative estimate of drug-likeness (QED) is 0.722. The maximum atomic E-state index is 12.7. The largest absolute Gasteiger partial charge is 0.503 e. The van der Waals surface area contributed by atoms with E-state index in [9.17, 15) is 15.0 Å². The minimum Gasteiger partial charge on any atom is -0.503 e. The van der Waals surface area contributed by atoms with Gasteiger partial charge in [-0.1, -0.05) is 12.5 Å². The lowest BCUT2D eigenvalue weighted by atomic mass is 10.1. The van der Waals surface area contributed by atoms with E-state index in [4.69, 9.17) is 4.74 Å². The van der Waals surface area contributed by atoms with E-state index in [0.29, 0.717) is 12.0 Å². The molecule has 0 fully saturated rings. The molecule has 3 rings (SSSR count). The summed E-state index contributed by atoms with van der Waals surface area (Å²) >= 11 is 0. The molecule has 0 aliphatic carbocycles. The van der Waals surface area contributed by atoms with Gasteiger partial charge in [0.2, 0.25) is 0 Å². The van der Waals surface area contributed by atoms with Gasteiger partial charge in [0.05, 0.1) is 24.4 Å². The van der Waals surface area contributed by atoms with Crippen molar-refractivity contribution < 1.29 is 19.7 Å². The topological polar surface area (TPSA) is 82.0 Å². The number of hydrogen-bond acceptors (Lipinski definition) is 5. The molecule has 3 N–H and O–H groups in total. The monoisotopic (exact) mass is 290 g/mol. The highest BCUT2D eigenvalue weighted by Crippen LogP contribution is 2.41. The molecule has 0 aromatic heterocycles. The van der Waals surface area contributed by atoms with Crippen molar-refractivity contribution in [2.45, 2.75) is 32.0 Å². The second-order valence-electron chi connectivity index (χ2n) is 5.25. The third kappa shape index (κ3) is 2.03. The number of phenols is 1. The van der Waals surface area contributed by atoms with Crippen LogP contribution in [0.1, 0.15) is 30.1 Å². The highest BCUT2D eigenvalue weighted by Gasteiger charge is 2.39. The van der Waals surface area contributed by atoms with Crippen LogP contribution in [0.4, 0.5) is 5.69 Å². The number of amides is 1. The Morgan fingerprint density at radius 3 is 2.90 bits per heavy atom. The predicted octanol–water partition coefficient (Wildman–Crippen LogP) is 1.65.